The minimum absolute atomic E-state index is 0.161. The minimum Gasteiger partial charge on any atom is -0.407 e. The zero-order chi connectivity index (χ0) is 9.42. The van der Waals surface area contributed by atoms with Gasteiger partial charge in [-0.1, -0.05) is 17.7 Å². The van der Waals surface area contributed by atoms with Crippen molar-refractivity contribution in [2.24, 2.45) is 0 Å². The molecular weight excluding hydrogens is 194 g/mol. The highest BCUT2D eigenvalue weighted by Crippen LogP contribution is 2.16. The largest absolute Gasteiger partial charge is 0.407 e. The van der Waals surface area contributed by atoms with Gasteiger partial charge in [0.25, 0.3) is 0 Å². The van der Waals surface area contributed by atoms with E-state index < -0.39 is 5.56 Å². The molecule has 13 heavy (non-hydrogen) atoms. The summed E-state index contributed by atoms with van der Waals surface area (Å²) in [4.78, 5) is 11.4. The highest BCUT2D eigenvalue weighted by Gasteiger charge is 2.07. The van der Waals surface area contributed by atoms with Crippen molar-refractivity contribution in [2.45, 2.75) is 0 Å². The number of rotatable bonds is 0. The molecule has 1 aromatic carbocycles. The molecule has 0 spiro atoms. The molecule has 0 radical (unpaired) electrons. The molecule has 0 saturated carbocycles. The van der Waals surface area contributed by atoms with Gasteiger partial charge in [-0.05, 0) is 22.2 Å². The van der Waals surface area contributed by atoms with Crippen molar-refractivity contribution < 1.29 is 5.21 Å². The second kappa shape index (κ2) is 2.70. The fourth-order valence-corrected chi connectivity index (χ4v) is 1.29. The Kier molecular flexibility index (Phi) is 1.66. The summed E-state index contributed by atoms with van der Waals surface area (Å²) < 4.78 is 0. The molecule has 2 aromatic rings. The maximum atomic E-state index is 11.3. The lowest BCUT2D eigenvalue weighted by Gasteiger charge is -1.97. The van der Waals surface area contributed by atoms with E-state index in [1.807, 2.05) is 0 Å². The number of halogens is 1. The number of fused-ring (bicyclic) bond motifs is 1. The molecule has 0 amide bonds. The van der Waals surface area contributed by atoms with E-state index in [2.05, 4.69) is 10.3 Å². The zero-order valence-electron chi connectivity index (χ0n) is 6.31. The van der Waals surface area contributed by atoms with Crippen molar-refractivity contribution in [1.29, 1.82) is 0 Å². The molecule has 6 heteroatoms. The fourth-order valence-electron chi connectivity index (χ4n) is 1.04. The van der Waals surface area contributed by atoms with Crippen LogP contribution in [-0.4, -0.2) is 20.4 Å². The van der Waals surface area contributed by atoms with Crippen molar-refractivity contribution in [2.75, 3.05) is 0 Å². The summed E-state index contributed by atoms with van der Waals surface area (Å²) in [5, 5.41) is 16.1. The van der Waals surface area contributed by atoms with Gasteiger partial charge in [-0.25, -0.2) is 0 Å². The van der Waals surface area contributed by atoms with Crippen LogP contribution in [0.25, 0.3) is 10.9 Å². The number of hydrogen-bond acceptors (Lipinski definition) is 4. The molecule has 0 aliphatic heterocycles. The van der Waals surface area contributed by atoms with E-state index in [1.165, 1.54) is 0 Å². The number of nitrogens with zero attached hydrogens (tertiary/aromatic N) is 3. The molecule has 1 aromatic heterocycles. The molecule has 1 heterocycles. The topological polar surface area (TPSA) is 68.0 Å². The summed E-state index contributed by atoms with van der Waals surface area (Å²) in [7, 11) is 0. The maximum absolute atomic E-state index is 11.3. The summed E-state index contributed by atoms with van der Waals surface area (Å²) in [6.07, 6.45) is 0. The molecule has 1 N–H and O–H groups in total. The minimum atomic E-state index is -0.671. The average molecular weight is 198 g/mol. The number of hydrogen-bond donors (Lipinski definition) is 1. The van der Waals surface area contributed by atoms with Gasteiger partial charge < -0.3 is 5.21 Å². The Bertz CT molecular complexity index is 523. The lowest BCUT2D eigenvalue weighted by atomic mass is 10.2. The Morgan fingerprint density at radius 2 is 2.23 bits per heavy atom. The van der Waals surface area contributed by atoms with Crippen molar-refractivity contribution in [1.82, 2.24) is 15.2 Å². The number of benzene rings is 1. The predicted molar refractivity (Wildman–Crippen MR) is 46.0 cm³/mol. The summed E-state index contributed by atoms with van der Waals surface area (Å²) in [6.45, 7) is 0. The van der Waals surface area contributed by atoms with Crippen LogP contribution < -0.4 is 5.56 Å². The Balaban J connectivity index is 3.06. The fraction of sp³-hybridized carbons (Fsp3) is 0. The van der Waals surface area contributed by atoms with Crippen LogP contribution in [0.3, 0.4) is 0 Å². The smallest absolute Gasteiger partial charge is 0.315 e. The van der Waals surface area contributed by atoms with E-state index in [0.717, 1.165) is 0 Å². The first kappa shape index (κ1) is 8.00. The van der Waals surface area contributed by atoms with Gasteiger partial charge in [0.05, 0.1) is 10.4 Å². The van der Waals surface area contributed by atoms with Crippen molar-refractivity contribution in [3.05, 3.63) is 33.6 Å². The van der Waals surface area contributed by atoms with Crippen LogP contribution in [0.5, 0.6) is 0 Å². The third kappa shape index (κ3) is 1.13. The van der Waals surface area contributed by atoms with Gasteiger partial charge in [-0.15, -0.1) is 5.10 Å². The second-order valence-corrected chi connectivity index (χ2v) is 2.83. The Morgan fingerprint density at radius 3 is 3.00 bits per heavy atom. The average Bonchev–Trinajstić information content (AvgIpc) is 2.12. The normalized spacial score (nSPS) is 10.5. The molecule has 66 valence electrons. The molecule has 2 rings (SSSR count). The molecule has 0 aliphatic rings. The summed E-state index contributed by atoms with van der Waals surface area (Å²) >= 11 is 5.74. The van der Waals surface area contributed by atoms with Gasteiger partial charge >= 0.3 is 5.56 Å². The Labute approximate surface area is 77.1 Å². The zero-order valence-corrected chi connectivity index (χ0v) is 7.06. The first-order chi connectivity index (χ1) is 6.20. The summed E-state index contributed by atoms with van der Waals surface area (Å²) in [5.74, 6) is 0. The lowest BCUT2D eigenvalue weighted by molar-refractivity contribution is 0.127. The van der Waals surface area contributed by atoms with E-state index in [4.69, 9.17) is 16.8 Å². The molecule has 0 fully saturated rings. The monoisotopic (exact) mass is 197 g/mol. The number of aromatic nitrogens is 3. The van der Waals surface area contributed by atoms with Gasteiger partial charge in [0, 0.05) is 0 Å². The van der Waals surface area contributed by atoms with Gasteiger partial charge in [0.2, 0.25) is 0 Å². The highest BCUT2D eigenvalue weighted by atomic mass is 35.5. The van der Waals surface area contributed by atoms with E-state index in [0.29, 0.717) is 5.52 Å². The van der Waals surface area contributed by atoms with Crippen LogP contribution in [0.15, 0.2) is 23.0 Å². The van der Waals surface area contributed by atoms with Crippen LogP contribution >= 0.6 is 11.6 Å². The van der Waals surface area contributed by atoms with E-state index in [9.17, 15) is 4.79 Å². The molecule has 0 saturated heterocycles. The van der Waals surface area contributed by atoms with Crippen LogP contribution in [-0.2, 0) is 0 Å². The standard InChI is InChI=1S/C7H4ClN3O2/c8-4-2-1-3-5-6(4)7(12)11(13)10-9-5/h1-3,13H. The molecule has 5 nitrogen and oxygen atoms in total. The van der Waals surface area contributed by atoms with E-state index >= 15 is 0 Å². The quantitative estimate of drug-likeness (QED) is 0.631. The second-order valence-electron chi connectivity index (χ2n) is 2.42. The van der Waals surface area contributed by atoms with Crippen LogP contribution in [0, 0.1) is 0 Å². The van der Waals surface area contributed by atoms with Gasteiger partial charge in [0.1, 0.15) is 5.52 Å². The molecule has 0 aliphatic carbocycles. The van der Waals surface area contributed by atoms with Crippen molar-refractivity contribution >= 4 is 22.5 Å². The van der Waals surface area contributed by atoms with Crippen molar-refractivity contribution in [3.8, 4) is 0 Å². The highest BCUT2D eigenvalue weighted by molar-refractivity contribution is 6.35. The van der Waals surface area contributed by atoms with Gasteiger partial charge in [-0.3, -0.25) is 4.79 Å². The third-order valence-corrected chi connectivity index (χ3v) is 1.94. The third-order valence-electron chi connectivity index (χ3n) is 1.62. The van der Waals surface area contributed by atoms with E-state index in [-0.39, 0.29) is 15.3 Å². The van der Waals surface area contributed by atoms with Crippen LogP contribution in [0.2, 0.25) is 5.02 Å². The first-order valence-corrected chi connectivity index (χ1v) is 3.81. The Hall–Kier alpha value is -1.62. The molecular formula is C7H4ClN3O2. The molecule has 0 unspecified atom stereocenters. The SMILES string of the molecule is O=c1c2c(Cl)cccc2nnn1O. The summed E-state index contributed by atoms with van der Waals surface area (Å²) in [5.41, 5.74) is -0.307. The van der Waals surface area contributed by atoms with Crippen LogP contribution in [0.4, 0.5) is 0 Å². The van der Waals surface area contributed by atoms with Crippen molar-refractivity contribution in [3.63, 3.8) is 0 Å². The predicted octanol–water partition coefficient (Wildman–Crippen LogP) is 0.682. The Morgan fingerprint density at radius 1 is 1.46 bits per heavy atom. The molecule has 0 bridgehead atoms. The van der Waals surface area contributed by atoms with Gasteiger partial charge in [0.15, 0.2) is 0 Å². The van der Waals surface area contributed by atoms with Crippen LogP contribution in [0.1, 0.15) is 0 Å². The maximum Gasteiger partial charge on any atom is 0.315 e. The lowest BCUT2D eigenvalue weighted by Crippen LogP contribution is -2.21. The van der Waals surface area contributed by atoms with E-state index in [1.54, 1.807) is 18.2 Å². The summed E-state index contributed by atoms with van der Waals surface area (Å²) in [6, 6.07) is 4.79. The molecule has 0 atom stereocenters. The first-order valence-electron chi connectivity index (χ1n) is 3.43. The van der Waals surface area contributed by atoms with Gasteiger partial charge in [-0.2, -0.15) is 0 Å².